The number of nitrogens with two attached hydrogens (primary N) is 1. The molecule has 3 N–H and O–H groups in total. The summed E-state index contributed by atoms with van der Waals surface area (Å²) >= 11 is 0. The second-order valence-electron chi connectivity index (χ2n) is 6.66. The highest BCUT2D eigenvalue weighted by Crippen LogP contribution is 2.24. The maximum atomic E-state index is 12.2. The van der Waals surface area contributed by atoms with E-state index in [1.807, 2.05) is 29.2 Å². The van der Waals surface area contributed by atoms with E-state index in [4.69, 9.17) is 5.73 Å². The molecule has 24 heavy (non-hydrogen) atoms. The number of hydrogen-bond donors (Lipinski definition) is 2. The van der Waals surface area contributed by atoms with Crippen molar-refractivity contribution in [3.63, 3.8) is 0 Å². The van der Waals surface area contributed by atoms with E-state index in [2.05, 4.69) is 5.32 Å². The van der Waals surface area contributed by atoms with E-state index in [1.54, 1.807) is 0 Å². The quantitative estimate of drug-likeness (QED) is 0.874. The first-order valence-electron chi connectivity index (χ1n) is 8.56. The molecule has 5 nitrogen and oxygen atoms in total. The fourth-order valence-electron chi connectivity index (χ4n) is 3.51. The summed E-state index contributed by atoms with van der Waals surface area (Å²) in [6, 6.07) is 8.04. The largest absolute Gasteiger partial charge is 0.352 e. The Morgan fingerprint density at radius 3 is 2.58 bits per heavy atom. The van der Waals surface area contributed by atoms with Gasteiger partial charge in [-0.15, -0.1) is 12.4 Å². The Labute approximate surface area is 149 Å². The first-order chi connectivity index (χ1) is 11.1. The molecule has 0 aromatic heterocycles. The number of hydrogen-bond acceptors (Lipinski definition) is 3. The number of rotatable bonds is 4. The van der Waals surface area contributed by atoms with Crippen LogP contribution in [0.15, 0.2) is 24.3 Å². The van der Waals surface area contributed by atoms with Crippen LogP contribution < -0.4 is 16.0 Å². The van der Waals surface area contributed by atoms with Crippen molar-refractivity contribution in [2.24, 2.45) is 11.7 Å². The van der Waals surface area contributed by atoms with E-state index >= 15 is 0 Å². The number of nitrogens with zero attached hydrogens (tertiary/aromatic N) is 1. The first-order valence-corrected chi connectivity index (χ1v) is 8.56. The second-order valence-corrected chi connectivity index (χ2v) is 6.66. The number of carbonyl (C=O) groups is 2. The van der Waals surface area contributed by atoms with Crippen molar-refractivity contribution >= 4 is 29.9 Å². The standard InChI is InChI=1S/C18H25N3O2.ClH/c19-15-4-1-3-14(11-15)18(23)20-12-13-6-8-16(9-7-13)21-10-2-5-17(21)22;/h6-9,14-15H,1-5,10-12,19H2,(H,20,23);1H. The van der Waals surface area contributed by atoms with Crippen molar-refractivity contribution < 1.29 is 9.59 Å². The lowest BCUT2D eigenvalue weighted by Gasteiger charge is -2.25. The molecule has 2 amide bonds. The summed E-state index contributed by atoms with van der Waals surface area (Å²) in [5.41, 5.74) is 7.94. The number of carbonyl (C=O) groups excluding carboxylic acids is 2. The zero-order chi connectivity index (χ0) is 16.2. The van der Waals surface area contributed by atoms with Gasteiger partial charge in [-0.05, 0) is 43.4 Å². The van der Waals surface area contributed by atoms with Crippen molar-refractivity contribution in [2.75, 3.05) is 11.4 Å². The Balaban J connectivity index is 0.00000208. The Morgan fingerprint density at radius 1 is 1.21 bits per heavy atom. The molecule has 1 aromatic carbocycles. The van der Waals surface area contributed by atoms with E-state index in [0.717, 1.165) is 49.9 Å². The molecule has 1 heterocycles. The van der Waals surface area contributed by atoms with Gasteiger partial charge in [0.15, 0.2) is 0 Å². The smallest absolute Gasteiger partial charge is 0.227 e. The third-order valence-corrected chi connectivity index (χ3v) is 4.87. The highest BCUT2D eigenvalue weighted by atomic mass is 35.5. The van der Waals surface area contributed by atoms with E-state index in [0.29, 0.717) is 13.0 Å². The van der Waals surface area contributed by atoms with Crippen LogP contribution in [0.1, 0.15) is 44.1 Å². The van der Waals surface area contributed by atoms with Gasteiger partial charge in [0.2, 0.25) is 11.8 Å². The third kappa shape index (κ3) is 4.48. The lowest BCUT2D eigenvalue weighted by Crippen LogP contribution is -2.37. The molecular weight excluding hydrogens is 326 g/mol. The first kappa shape index (κ1) is 18.7. The van der Waals surface area contributed by atoms with Gasteiger partial charge < -0.3 is 16.0 Å². The lowest BCUT2D eigenvalue weighted by molar-refractivity contribution is -0.126. The summed E-state index contributed by atoms with van der Waals surface area (Å²) in [7, 11) is 0. The molecule has 0 spiro atoms. The predicted octanol–water partition coefficient (Wildman–Crippen LogP) is 2.37. The average molecular weight is 352 g/mol. The van der Waals surface area contributed by atoms with Crippen molar-refractivity contribution in [2.45, 2.75) is 51.1 Å². The molecule has 0 radical (unpaired) electrons. The molecule has 0 bridgehead atoms. The molecule has 1 aliphatic heterocycles. The average Bonchev–Trinajstić information content (AvgIpc) is 2.99. The highest BCUT2D eigenvalue weighted by molar-refractivity contribution is 5.95. The number of halogens is 1. The van der Waals surface area contributed by atoms with Crippen LogP contribution in [0.25, 0.3) is 0 Å². The summed E-state index contributed by atoms with van der Waals surface area (Å²) in [6.45, 7) is 1.33. The molecule has 3 rings (SSSR count). The van der Waals surface area contributed by atoms with Gasteiger partial charge in [0.25, 0.3) is 0 Å². The molecule has 1 aliphatic carbocycles. The van der Waals surface area contributed by atoms with E-state index < -0.39 is 0 Å². The number of amides is 2. The van der Waals surface area contributed by atoms with Crippen LogP contribution in [0.3, 0.4) is 0 Å². The molecule has 6 heteroatoms. The molecule has 2 aliphatic rings. The van der Waals surface area contributed by atoms with Gasteiger partial charge in [-0.25, -0.2) is 0 Å². The van der Waals surface area contributed by atoms with E-state index in [1.165, 1.54) is 0 Å². The summed E-state index contributed by atoms with van der Waals surface area (Å²) < 4.78 is 0. The minimum atomic E-state index is 0. The Bertz CT molecular complexity index is 576. The van der Waals surface area contributed by atoms with Crippen molar-refractivity contribution in [3.05, 3.63) is 29.8 Å². The van der Waals surface area contributed by atoms with E-state index in [9.17, 15) is 9.59 Å². The van der Waals surface area contributed by atoms with Crippen LogP contribution in [0.2, 0.25) is 0 Å². The highest BCUT2D eigenvalue weighted by Gasteiger charge is 2.25. The molecule has 132 valence electrons. The SMILES string of the molecule is Cl.NC1CCCC(C(=O)NCc2ccc(N3CCCC3=O)cc2)C1. The van der Waals surface area contributed by atoms with Gasteiger partial charge >= 0.3 is 0 Å². The normalized spacial score (nSPS) is 23.7. The topological polar surface area (TPSA) is 75.4 Å². The monoisotopic (exact) mass is 351 g/mol. The van der Waals surface area contributed by atoms with Crippen LogP contribution in [-0.2, 0) is 16.1 Å². The molecule has 1 aromatic rings. The van der Waals surface area contributed by atoms with Crippen LogP contribution in [0, 0.1) is 5.92 Å². The minimum Gasteiger partial charge on any atom is -0.352 e. The summed E-state index contributed by atoms with van der Waals surface area (Å²) in [5, 5.41) is 3.01. The van der Waals surface area contributed by atoms with Gasteiger partial charge in [0.05, 0.1) is 0 Å². The minimum absolute atomic E-state index is 0. The van der Waals surface area contributed by atoms with Crippen molar-refractivity contribution in [1.29, 1.82) is 0 Å². The molecule has 1 saturated heterocycles. The lowest BCUT2D eigenvalue weighted by atomic mass is 9.85. The van der Waals surface area contributed by atoms with Crippen molar-refractivity contribution in [3.8, 4) is 0 Å². The number of nitrogens with one attached hydrogen (secondary N) is 1. The number of anilines is 1. The number of benzene rings is 1. The summed E-state index contributed by atoms with van der Waals surface area (Å²) in [6.07, 6.45) is 5.37. The maximum Gasteiger partial charge on any atom is 0.227 e. The van der Waals surface area contributed by atoms with Gasteiger partial charge in [-0.1, -0.05) is 18.6 Å². The second kappa shape index (κ2) is 8.49. The van der Waals surface area contributed by atoms with Gasteiger partial charge in [0, 0.05) is 37.2 Å². The maximum absolute atomic E-state index is 12.2. The predicted molar refractivity (Wildman–Crippen MR) is 97.1 cm³/mol. The molecule has 2 atom stereocenters. The fourth-order valence-corrected chi connectivity index (χ4v) is 3.51. The van der Waals surface area contributed by atoms with Gasteiger partial charge in [-0.2, -0.15) is 0 Å². The summed E-state index contributed by atoms with van der Waals surface area (Å²) in [4.78, 5) is 25.8. The molecule has 2 unspecified atom stereocenters. The van der Waals surface area contributed by atoms with Crippen LogP contribution in [0.5, 0.6) is 0 Å². The Kier molecular flexibility index (Phi) is 6.63. The van der Waals surface area contributed by atoms with Crippen LogP contribution in [0.4, 0.5) is 5.69 Å². The van der Waals surface area contributed by atoms with Gasteiger partial charge in [-0.3, -0.25) is 9.59 Å². The van der Waals surface area contributed by atoms with E-state index in [-0.39, 0.29) is 36.2 Å². The molecule has 2 fully saturated rings. The van der Waals surface area contributed by atoms with Crippen LogP contribution in [-0.4, -0.2) is 24.4 Å². The van der Waals surface area contributed by atoms with Crippen LogP contribution >= 0.6 is 12.4 Å². The third-order valence-electron chi connectivity index (χ3n) is 4.87. The summed E-state index contributed by atoms with van der Waals surface area (Å²) in [5.74, 6) is 0.360. The molecule has 1 saturated carbocycles. The van der Waals surface area contributed by atoms with Crippen molar-refractivity contribution in [1.82, 2.24) is 5.32 Å². The zero-order valence-corrected chi connectivity index (χ0v) is 14.7. The zero-order valence-electron chi connectivity index (χ0n) is 13.9. The Hall–Kier alpha value is -1.59. The molecular formula is C18H26ClN3O2. The van der Waals surface area contributed by atoms with Gasteiger partial charge in [0.1, 0.15) is 0 Å². The fraction of sp³-hybridized carbons (Fsp3) is 0.556. The Morgan fingerprint density at radius 2 is 1.96 bits per heavy atom.